The lowest BCUT2D eigenvalue weighted by molar-refractivity contribution is 0.900. The van der Waals surface area contributed by atoms with Crippen molar-refractivity contribution in [2.24, 2.45) is 0 Å². The second kappa shape index (κ2) is 4.09. The third-order valence-electron chi connectivity index (χ3n) is 3.73. The largest absolute Gasteiger partial charge is 0.383 e. The summed E-state index contributed by atoms with van der Waals surface area (Å²) < 4.78 is 0. The highest BCUT2D eigenvalue weighted by molar-refractivity contribution is 5.61. The Hall–Kier alpha value is -1.90. The number of nitrogen functional groups attached to an aromatic ring is 1. The van der Waals surface area contributed by atoms with Crippen molar-refractivity contribution in [3.8, 4) is 11.4 Å². The van der Waals surface area contributed by atoms with Crippen LogP contribution in [0.25, 0.3) is 11.4 Å². The topological polar surface area (TPSA) is 51.8 Å². The molecule has 0 amide bonds. The number of nitrogens with two attached hydrogens (primary N) is 1. The zero-order valence-electron chi connectivity index (χ0n) is 10.8. The van der Waals surface area contributed by atoms with Crippen molar-refractivity contribution in [3.05, 3.63) is 40.6 Å². The van der Waals surface area contributed by atoms with Gasteiger partial charge in [0.2, 0.25) is 0 Å². The third-order valence-corrected chi connectivity index (χ3v) is 3.73. The van der Waals surface area contributed by atoms with Crippen LogP contribution in [0.15, 0.2) is 18.2 Å². The molecule has 3 heteroatoms. The van der Waals surface area contributed by atoms with Gasteiger partial charge in [-0.25, -0.2) is 9.97 Å². The third kappa shape index (κ3) is 1.76. The molecule has 1 heterocycles. The number of fused-ring (bicyclic) bond motifs is 1. The zero-order valence-corrected chi connectivity index (χ0v) is 10.8. The number of hydrogen-bond acceptors (Lipinski definition) is 3. The maximum atomic E-state index is 6.03. The molecule has 18 heavy (non-hydrogen) atoms. The van der Waals surface area contributed by atoms with Crippen molar-refractivity contribution in [2.45, 2.75) is 33.1 Å². The SMILES string of the molecule is Cc1ccc(-c2nc(N)c3c(n2)CCC3)cc1C. The van der Waals surface area contributed by atoms with Gasteiger partial charge in [-0.1, -0.05) is 12.1 Å². The molecule has 2 N–H and O–H groups in total. The Labute approximate surface area is 107 Å². The standard InChI is InChI=1S/C15H17N3/c1-9-6-7-11(8-10(9)2)15-17-13-5-3-4-12(13)14(16)18-15/h6-8H,3-5H2,1-2H3,(H2,16,17,18). The summed E-state index contributed by atoms with van der Waals surface area (Å²) in [6, 6.07) is 6.31. The van der Waals surface area contributed by atoms with Crippen LogP contribution < -0.4 is 5.73 Å². The van der Waals surface area contributed by atoms with Gasteiger partial charge < -0.3 is 5.73 Å². The fraction of sp³-hybridized carbons (Fsp3) is 0.333. The van der Waals surface area contributed by atoms with Crippen LogP contribution >= 0.6 is 0 Å². The molecule has 0 saturated carbocycles. The van der Waals surface area contributed by atoms with E-state index < -0.39 is 0 Å². The molecule has 0 unspecified atom stereocenters. The van der Waals surface area contributed by atoms with E-state index in [2.05, 4.69) is 42.0 Å². The van der Waals surface area contributed by atoms with Gasteiger partial charge in [0.05, 0.1) is 0 Å². The first-order chi connectivity index (χ1) is 8.65. The normalized spacial score (nSPS) is 13.7. The second-order valence-electron chi connectivity index (χ2n) is 5.01. The van der Waals surface area contributed by atoms with Crippen molar-refractivity contribution >= 4 is 5.82 Å². The summed E-state index contributed by atoms with van der Waals surface area (Å²) in [5.41, 5.74) is 11.9. The highest BCUT2D eigenvalue weighted by Gasteiger charge is 2.18. The molecule has 0 fully saturated rings. The van der Waals surface area contributed by atoms with Crippen LogP contribution in [0.3, 0.4) is 0 Å². The summed E-state index contributed by atoms with van der Waals surface area (Å²) in [5.74, 6) is 1.42. The van der Waals surface area contributed by atoms with E-state index >= 15 is 0 Å². The lowest BCUT2D eigenvalue weighted by Gasteiger charge is -2.08. The summed E-state index contributed by atoms with van der Waals surface area (Å²) in [4.78, 5) is 9.12. The van der Waals surface area contributed by atoms with E-state index in [1.165, 1.54) is 11.1 Å². The molecule has 92 valence electrons. The summed E-state index contributed by atoms with van der Waals surface area (Å²) in [6.45, 7) is 4.21. The maximum Gasteiger partial charge on any atom is 0.161 e. The molecule has 0 aliphatic heterocycles. The van der Waals surface area contributed by atoms with E-state index in [0.29, 0.717) is 5.82 Å². The van der Waals surface area contributed by atoms with Crippen molar-refractivity contribution in [2.75, 3.05) is 5.73 Å². The minimum absolute atomic E-state index is 0.658. The predicted molar refractivity (Wildman–Crippen MR) is 73.4 cm³/mol. The summed E-state index contributed by atoms with van der Waals surface area (Å²) in [6.07, 6.45) is 3.19. The molecule has 0 atom stereocenters. The van der Waals surface area contributed by atoms with Crippen LogP contribution in [-0.4, -0.2) is 9.97 Å². The van der Waals surface area contributed by atoms with Crippen molar-refractivity contribution < 1.29 is 0 Å². The predicted octanol–water partition coefficient (Wildman–Crippen LogP) is 2.83. The molecule has 0 bridgehead atoms. The molecule has 1 aliphatic carbocycles. The monoisotopic (exact) mass is 239 g/mol. The molecular formula is C15H17N3. The Kier molecular flexibility index (Phi) is 2.54. The van der Waals surface area contributed by atoms with Crippen LogP contribution in [0.2, 0.25) is 0 Å². The molecule has 3 rings (SSSR count). The molecule has 1 aromatic carbocycles. The average molecular weight is 239 g/mol. The quantitative estimate of drug-likeness (QED) is 0.832. The van der Waals surface area contributed by atoms with E-state index in [-0.39, 0.29) is 0 Å². The van der Waals surface area contributed by atoms with E-state index in [1.54, 1.807) is 0 Å². The first-order valence-corrected chi connectivity index (χ1v) is 6.38. The zero-order chi connectivity index (χ0) is 12.7. The molecule has 1 aliphatic rings. The maximum absolute atomic E-state index is 6.03. The van der Waals surface area contributed by atoms with Gasteiger partial charge in [0.15, 0.2) is 5.82 Å². The Morgan fingerprint density at radius 3 is 2.67 bits per heavy atom. The van der Waals surface area contributed by atoms with Gasteiger partial charge in [-0.05, 0) is 50.3 Å². The Morgan fingerprint density at radius 1 is 1.06 bits per heavy atom. The van der Waals surface area contributed by atoms with Gasteiger partial charge in [0.25, 0.3) is 0 Å². The molecule has 1 aromatic heterocycles. The highest BCUT2D eigenvalue weighted by atomic mass is 15.0. The van der Waals surface area contributed by atoms with Crippen molar-refractivity contribution in [3.63, 3.8) is 0 Å². The van der Waals surface area contributed by atoms with Crippen LogP contribution in [0.1, 0.15) is 28.8 Å². The number of nitrogens with zero attached hydrogens (tertiary/aromatic N) is 2. The Balaban J connectivity index is 2.12. The summed E-state index contributed by atoms with van der Waals surface area (Å²) >= 11 is 0. The van der Waals surface area contributed by atoms with Gasteiger partial charge in [-0.3, -0.25) is 0 Å². The number of hydrogen-bond donors (Lipinski definition) is 1. The lowest BCUT2D eigenvalue weighted by atomic mass is 10.1. The van der Waals surface area contributed by atoms with Gasteiger partial charge >= 0.3 is 0 Å². The molecule has 0 saturated heterocycles. The van der Waals surface area contributed by atoms with E-state index in [9.17, 15) is 0 Å². The Bertz CT molecular complexity index is 617. The summed E-state index contributed by atoms with van der Waals surface area (Å²) in [5, 5.41) is 0. The van der Waals surface area contributed by atoms with E-state index in [0.717, 1.165) is 41.9 Å². The lowest BCUT2D eigenvalue weighted by Crippen LogP contribution is -2.03. The minimum atomic E-state index is 0.658. The smallest absolute Gasteiger partial charge is 0.161 e. The first kappa shape index (κ1) is 11.2. The van der Waals surface area contributed by atoms with Crippen molar-refractivity contribution in [1.82, 2.24) is 9.97 Å². The first-order valence-electron chi connectivity index (χ1n) is 6.38. The van der Waals surface area contributed by atoms with Gasteiger partial charge in [0, 0.05) is 16.8 Å². The average Bonchev–Trinajstić information content (AvgIpc) is 2.81. The van der Waals surface area contributed by atoms with Crippen LogP contribution in [-0.2, 0) is 12.8 Å². The number of aromatic nitrogens is 2. The molecule has 2 aromatic rings. The fourth-order valence-electron chi connectivity index (χ4n) is 2.47. The van der Waals surface area contributed by atoms with E-state index in [4.69, 9.17) is 5.73 Å². The van der Waals surface area contributed by atoms with Gasteiger partial charge in [-0.2, -0.15) is 0 Å². The molecule has 0 radical (unpaired) electrons. The Morgan fingerprint density at radius 2 is 1.89 bits per heavy atom. The number of benzene rings is 1. The van der Waals surface area contributed by atoms with Crippen LogP contribution in [0, 0.1) is 13.8 Å². The molecule has 3 nitrogen and oxygen atoms in total. The van der Waals surface area contributed by atoms with Gasteiger partial charge in [0.1, 0.15) is 5.82 Å². The van der Waals surface area contributed by atoms with Gasteiger partial charge in [-0.15, -0.1) is 0 Å². The highest BCUT2D eigenvalue weighted by Crippen LogP contribution is 2.28. The van der Waals surface area contributed by atoms with Crippen LogP contribution in [0.4, 0.5) is 5.82 Å². The second-order valence-corrected chi connectivity index (χ2v) is 5.01. The van der Waals surface area contributed by atoms with Crippen LogP contribution in [0.5, 0.6) is 0 Å². The minimum Gasteiger partial charge on any atom is -0.383 e. The fourth-order valence-corrected chi connectivity index (χ4v) is 2.47. The number of anilines is 1. The molecular weight excluding hydrogens is 222 g/mol. The summed E-state index contributed by atoms with van der Waals surface area (Å²) in [7, 11) is 0. The number of rotatable bonds is 1. The number of aryl methyl sites for hydroxylation is 3. The van der Waals surface area contributed by atoms with Crippen molar-refractivity contribution in [1.29, 1.82) is 0 Å². The van der Waals surface area contributed by atoms with E-state index in [1.807, 2.05) is 0 Å². The molecule has 0 spiro atoms.